The fourth-order valence-corrected chi connectivity index (χ4v) is 1.37. The van der Waals surface area contributed by atoms with Crippen molar-refractivity contribution in [3.63, 3.8) is 0 Å². The van der Waals surface area contributed by atoms with Crippen LogP contribution < -0.4 is 5.73 Å². The van der Waals surface area contributed by atoms with Gasteiger partial charge in [-0.05, 0) is 32.1 Å². The lowest BCUT2D eigenvalue weighted by molar-refractivity contribution is 0.418. The minimum atomic E-state index is -0.0222. The van der Waals surface area contributed by atoms with Gasteiger partial charge in [-0.15, -0.1) is 0 Å². The lowest BCUT2D eigenvalue weighted by Gasteiger charge is -2.27. The van der Waals surface area contributed by atoms with Gasteiger partial charge in [0.15, 0.2) is 0 Å². The highest BCUT2D eigenvalue weighted by molar-refractivity contribution is 5.08. The van der Waals surface area contributed by atoms with E-state index in [1.807, 2.05) is 0 Å². The van der Waals surface area contributed by atoms with Crippen LogP contribution in [0.1, 0.15) is 33.1 Å². The van der Waals surface area contributed by atoms with Crippen LogP contribution in [-0.4, -0.2) is 5.54 Å². The monoisotopic (exact) mass is 139 g/mol. The molecule has 1 aliphatic carbocycles. The second-order valence-electron chi connectivity index (χ2n) is 3.57. The van der Waals surface area contributed by atoms with E-state index < -0.39 is 0 Å². The molecule has 0 aliphatic heterocycles. The summed E-state index contributed by atoms with van der Waals surface area (Å²) in [7, 11) is 0. The standard InChI is InChI=1S/C9H17N/c1-3-8-4-6-9(2,10)7-5-8/h4,6,8H,3,5,7,10H2,1-2H3. The summed E-state index contributed by atoms with van der Waals surface area (Å²) in [5.74, 6) is 0.789. The van der Waals surface area contributed by atoms with E-state index in [-0.39, 0.29) is 5.54 Å². The van der Waals surface area contributed by atoms with E-state index in [9.17, 15) is 0 Å². The van der Waals surface area contributed by atoms with E-state index in [4.69, 9.17) is 5.73 Å². The molecule has 0 amide bonds. The quantitative estimate of drug-likeness (QED) is 0.553. The zero-order valence-corrected chi connectivity index (χ0v) is 6.93. The molecule has 0 heterocycles. The summed E-state index contributed by atoms with van der Waals surface area (Å²) in [4.78, 5) is 0. The SMILES string of the molecule is CCC1C=CC(C)(N)CC1. The Hall–Kier alpha value is -0.300. The minimum absolute atomic E-state index is 0.0222. The molecule has 2 atom stereocenters. The zero-order valence-electron chi connectivity index (χ0n) is 6.93. The normalized spacial score (nSPS) is 40.1. The van der Waals surface area contributed by atoms with E-state index in [2.05, 4.69) is 26.0 Å². The highest BCUT2D eigenvalue weighted by Crippen LogP contribution is 2.24. The maximum atomic E-state index is 5.91. The largest absolute Gasteiger partial charge is 0.322 e. The van der Waals surface area contributed by atoms with Crippen molar-refractivity contribution in [1.82, 2.24) is 0 Å². The van der Waals surface area contributed by atoms with Crippen molar-refractivity contribution < 1.29 is 0 Å². The molecule has 1 aliphatic rings. The molecule has 1 nitrogen and oxygen atoms in total. The molecule has 0 spiro atoms. The molecule has 10 heavy (non-hydrogen) atoms. The Morgan fingerprint density at radius 3 is 2.80 bits per heavy atom. The van der Waals surface area contributed by atoms with Crippen LogP contribution in [0.25, 0.3) is 0 Å². The van der Waals surface area contributed by atoms with E-state index in [1.54, 1.807) is 0 Å². The summed E-state index contributed by atoms with van der Waals surface area (Å²) in [5.41, 5.74) is 5.89. The van der Waals surface area contributed by atoms with Crippen molar-refractivity contribution >= 4 is 0 Å². The molecule has 1 heteroatoms. The van der Waals surface area contributed by atoms with Gasteiger partial charge in [0, 0.05) is 5.54 Å². The van der Waals surface area contributed by atoms with Crippen LogP contribution in [0.15, 0.2) is 12.2 Å². The van der Waals surface area contributed by atoms with Crippen LogP contribution in [0.5, 0.6) is 0 Å². The van der Waals surface area contributed by atoms with Crippen molar-refractivity contribution in [2.75, 3.05) is 0 Å². The predicted octanol–water partition coefficient (Wildman–Crippen LogP) is 2.08. The van der Waals surface area contributed by atoms with Crippen LogP contribution in [0.4, 0.5) is 0 Å². The average Bonchev–Trinajstić information content (AvgIpc) is 1.88. The van der Waals surface area contributed by atoms with E-state index in [0.29, 0.717) is 0 Å². The van der Waals surface area contributed by atoms with Crippen LogP contribution in [0.2, 0.25) is 0 Å². The zero-order chi connectivity index (χ0) is 7.61. The molecule has 0 radical (unpaired) electrons. The molecule has 58 valence electrons. The van der Waals surface area contributed by atoms with E-state index in [1.165, 1.54) is 12.8 Å². The van der Waals surface area contributed by atoms with E-state index in [0.717, 1.165) is 12.3 Å². The summed E-state index contributed by atoms with van der Waals surface area (Å²) in [6.07, 6.45) is 8.09. The Morgan fingerprint density at radius 1 is 1.70 bits per heavy atom. The summed E-state index contributed by atoms with van der Waals surface area (Å²) in [6.45, 7) is 4.32. The second kappa shape index (κ2) is 2.75. The molecule has 0 saturated carbocycles. The number of hydrogen-bond donors (Lipinski definition) is 1. The molecular formula is C9H17N. The fourth-order valence-electron chi connectivity index (χ4n) is 1.37. The highest BCUT2D eigenvalue weighted by Gasteiger charge is 2.20. The highest BCUT2D eigenvalue weighted by atomic mass is 14.7. The van der Waals surface area contributed by atoms with Gasteiger partial charge in [0.25, 0.3) is 0 Å². The van der Waals surface area contributed by atoms with Crippen molar-refractivity contribution in [3.05, 3.63) is 12.2 Å². The molecule has 0 saturated heterocycles. The molecule has 0 aromatic heterocycles. The van der Waals surface area contributed by atoms with Gasteiger partial charge < -0.3 is 5.73 Å². The van der Waals surface area contributed by atoms with Gasteiger partial charge in [-0.1, -0.05) is 19.1 Å². The van der Waals surface area contributed by atoms with Gasteiger partial charge in [-0.3, -0.25) is 0 Å². The minimum Gasteiger partial charge on any atom is -0.322 e. The molecule has 2 N–H and O–H groups in total. The third-order valence-electron chi connectivity index (χ3n) is 2.33. The maximum Gasteiger partial charge on any atom is 0.0310 e. The van der Waals surface area contributed by atoms with Crippen LogP contribution >= 0.6 is 0 Å². The third-order valence-corrected chi connectivity index (χ3v) is 2.33. The first-order valence-corrected chi connectivity index (χ1v) is 4.12. The predicted molar refractivity (Wildman–Crippen MR) is 44.7 cm³/mol. The Labute approximate surface area is 63.3 Å². The summed E-state index contributed by atoms with van der Waals surface area (Å²) in [5, 5.41) is 0. The third kappa shape index (κ3) is 1.84. The van der Waals surface area contributed by atoms with Gasteiger partial charge in [0.1, 0.15) is 0 Å². The summed E-state index contributed by atoms with van der Waals surface area (Å²) >= 11 is 0. The van der Waals surface area contributed by atoms with E-state index >= 15 is 0 Å². The molecular weight excluding hydrogens is 122 g/mol. The van der Waals surface area contributed by atoms with Gasteiger partial charge in [0.2, 0.25) is 0 Å². The Balaban J connectivity index is 2.52. The number of rotatable bonds is 1. The average molecular weight is 139 g/mol. The van der Waals surface area contributed by atoms with Crippen molar-refractivity contribution in [2.24, 2.45) is 11.7 Å². The molecule has 0 aromatic rings. The van der Waals surface area contributed by atoms with Gasteiger partial charge >= 0.3 is 0 Å². The van der Waals surface area contributed by atoms with Crippen molar-refractivity contribution in [1.29, 1.82) is 0 Å². The van der Waals surface area contributed by atoms with Gasteiger partial charge in [-0.2, -0.15) is 0 Å². The number of nitrogens with two attached hydrogens (primary N) is 1. The fraction of sp³-hybridized carbons (Fsp3) is 0.778. The number of hydrogen-bond acceptors (Lipinski definition) is 1. The van der Waals surface area contributed by atoms with Crippen molar-refractivity contribution in [2.45, 2.75) is 38.6 Å². The Bertz CT molecular complexity index is 136. The summed E-state index contributed by atoms with van der Waals surface area (Å²) in [6, 6.07) is 0. The lowest BCUT2D eigenvalue weighted by atomic mass is 9.84. The molecule has 0 fully saturated rings. The molecule has 0 aromatic carbocycles. The molecule has 1 rings (SSSR count). The maximum absolute atomic E-state index is 5.91. The second-order valence-corrected chi connectivity index (χ2v) is 3.57. The first kappa shape index (κ1) is 7.80. The molecule has 2 unspecified atom stereocenters. The smallest absolute Gasteiger partial charge is 0.0310 e. The van der Waals surface area contributed by atoms with Crippen LogP contribution in [0, 0.1) is 5.92 Å². The number of allylic oxidation sites excluding steroid dienone is 1. The van der Waals surface area contributed by atoms with Crippen LogP contribution in [0.3, 0.4) is 0 Å². The first-order valence-electron chi connectivity index (χ1n) is 4.12. The molecule has 0 bridgehead atoms. The van der Waals surface area contributed by atoms with Crippen molar-refractivity contribution in [3.8, 4) is 0 Å². The Kier molecular flexibility index (Phi) is 2.14. The van der Waals surface area contributed by atoms with Gasteiger partial charge in [-0.25, -0.2) is 0 Å². The first-order chi connectivity index (χ1) is 4.64. The topological polar surface area (TPSA) is 26.0 Å². The van der Waals surface area contributed by atoms with Gasteiger partial charge in [0.05, 0.1) is 0 Å². The van der Waals surface area contributed by atoms with Crippen LogP contribution in [-0.2, 0) is 0 Å². The summed E-state index contributed by atoms with van der Waals surface area (Å²) < 4.78 is 0. The Morgan fingerprint density at radius 2 is 2.40 bits per heavy atom. The lowest BCUT2D eigenvalue weighted by Crippen LogP contribution is -2.36.